The molecule has 3 aliphatic rings. The van der Waals surface area contributed by atoms with Crippen LogP contribution in [-0.4, -0.2) is 43.6 Å². The molecule has 11 heteroatoms. The normalized spacial score (nSPS) is 17.8. The van der Waals surface area contributed by atoms with Crippen LogP contribution in [0.1, 0.15) is 56.3 Å². The summed E-state index contributed by atoms with van der Waals surface area (Å²) in [5, 5.41) is 3.54. The molecule has 1 aromatic carbocycles. The van der Waals surface area contributed by atoms with Crippen molar-refractivity contribution in [3.05, 3.63) is 50.9 Å². The van der Waals surface area contributed by atoms with E-state index in [-0.39, 0.29) is 34.9 Å². The van der Waals surface area contributed by atoms with Gasteiger partial charge in [-0.3, -0.25) is 23.9 Å². The lowest BCUT2D eigenvalue weighted by atomic mass is 10.2. The summed E-state index contributed by atoms with van der Waals surface area (Å²) in [4.78, 5) is 63.4. The predicted octanol–water partition coefficient (Wildman–Crippen LogP) is 2.55. The van der Waals surface area contributed by atoms with Crippen molar-refractivity contribution in [2.45, 2.75) is 55.5 Å². The smallest absolute Gasteiger partial charge is 0.325 e. The number of carbonyl (C=O) groups excluding carboxylic acids is 2. The highest BCUT2D eigenvalue weighted by atomic mass is 32.2. The van der Waals surface area contributed by atoms with Gasteiger partial charge in [0.15, 0.2) is 5.65 Å². The van der Waals surface area contributed by atoms with Gasteiger partial charge in [-0.05, 0) is 50.3 Å². The van der Waals surface area contributed by atoms with E-state index in [0.29, 0.717) is 35.2 Å². The number of hydrogen-bond donors (Lipinski definition) is 2. The summed E-state index contributed by atoms with van der Waals surface area (Å²) in [6, 6.07) is 7.26. The monoisotopic (exact) mass is 492 g/mol. The first-order valence-corrected chi connectivity index (χ1v) is 12.9. The molecule has 0 bridgehead atoms. The zero-order chi connectivity index (χ0) is 24.1. The van der Waals surface area contributed by atoms with Crippen molar-refractivity contribution >= 4 is 46.0 Å². The standard InChI is InChI=1S/C24H24N6O4S/c31-17(25-14-3-1-4-16(11-14)29-10-2-5-18(29)32)12-35-23-19-21(26-20(27-23)13-6-7-13)30(15-8-9-15)24(34)28-22(19)33/h1,3-4,11,13,15H,2,5-10,12H2,(H,25,31)(H,28,33,34). The second kappa shape index (κ2) is 8.63. The van der Waals surface area contributed by atoms with Crippen molar-refractivity contribution in [1.82, 2.24) is 19.5 Å². The lowest BCUT2D eigenvalue weighted by Crippen LogP contribution is -2.31. The Kier molecular flexibility index (Phi) is 5.43. The molecule has 2 saturated carbocycles. The Bertz CT molecular complexity index is 1470. The first-order chi connectivity index (χ1) is 17.0. The van der Waals surface area contributed by atoms with Crippen LogP contribution in [0, 0.1) is 0 Å². The molecule has 10 nitrogen and oxygen atoms in total. The zero-order valence-electron chi connectivity index (χ0n) is 19.0. The Morgan fingerprint density at radius 1 is 1.14 bits per heavy atom. The Morgan fingerprint density at radius 3 is 2.69 bits per heavy atom. The van der Waals surface area contributed by atoms with E-state index in [1.807, 2.05) is 6.07 Å². The number of fused-ring (bicyclic) bond motifs is 1. The molecule has 3 fully saturated rings. The average Bonchev–Trinajstić information content (AvgIpc) is 3.76. The molecule has 2 amide bonds. The highest BCUT2D eigenvalue weighted by Gasteiger charge is 2.32. The van der Waals surface area contributed by atoms with Gasteiger partial charge in [0, 0.05) is 36.3 Å². The summed E-state index contributed by atoms with van der Waals surface area (Å²) in [5.74, 6) is 0.714. The number of H-pyrrole nitrogens is 1. The van der Waals surface area contributed by atoms with Gasteiger partial charge in [0.05, 0.1) is 5.75 Å². The highest BCUT2D eigenvalue weighted by Crippen LogP contribution is 2.40. The number of nitrogens with zero attached hydrogens (tertiary/aromatic N) is 4. The molecule has 35 heavy (non-hydrogen) atoms. The number of rotatable bonds is 7. The molecule has 1 aliphatic heterocycles. The Balaban J connectivity index is 1.25. The highest BCUT2D eigenvalue weighted by molar-refractivity contribution is 8.00. The predicted molar refractivity (Wildman–Crippen MR) is 132 cm³/mol. The summed E-state index contributed by atoms with van der Waals surface area (Å²) < 4.78 is 1.57. The minimum atomic E-state index is -0.532. The number of carbonyl (C=O) groups is 2. The summed E-state index contributed by atoms with van der Waals surface area (Å²) in [6.07, 6.45) is 5.06. The fourth-order valence-corrected chi connectivity index (χ4v) is 5.26. The largest absolute Gasteiger partial charge is 0.330 e. The van der Waals surface area contributed by atoms with Crippen molar-refractivity contribution in [3.63, 3.8) is 0 Å². The minimum absolute atomic E-state index is 0.0328. The van der Waals surface area contributed by atoms with Crippen LogP contribution in [-0.2, 0) is 9.59 Å². The van der Waals surface area contributed by atoms with Crippen molar-refractivity contribution < 1.29 is 9.59 Å². The molecule has 3 heterocycles. The summed E-state index contributed by atoms with van der Waals surface area (Å²) in [5.41, 5.74) is 0.743. The van der Waals surface area contributed by atoms with Gasteiger partial charge in [-0.25, -0.2) is 14.8 Å². The Labute approximate surface area is 204 Å². The SMILES string of the molecule is O=C(CSc1nc(C2CC2)nc2c1c(=O)[nH]c(=O)n2C1CC1)Nc1cccc(N2CCCC2=O)c1. The average molecular weight is 493 g/mol. The van der Waals surface area contributed by atoms with Crippen LogP contribution >= 0.6 is 11.8 Å². The van der Waals surface area contributed by atoms with Crippen molar-refractivity contribution in [2.75, 3.05) is 22.5 Å². The van der Waals surface area contributed by atoms with E-state index >= 15 is 0 Å². The lowest BCUT2D eigenvalue weighted by molar-refractivity contribution is -0.117. The summed E-state index contributed by atoms with van der Waals surface area (Å²) in [6.45, 7) is 0.677. The summed E-state index contributed by atoms with van der Waals surface area (Å²) >= 11 is 1.16. The Morgan fingerprint density at radius 2 is 1.97 bits per heavy atom. The van der Waals surface area contributed by atoms with Crippen LogP contribution in [0.3, 0.4) is 0 Å². The number of aromatic nitrogens is 4. The lowest BCUT2D eigenvalue weighted by Gasteiger charge is -2.16. The second-order valence-corrected chi connectivity index (χ2v) is 10.2. The van der Waals surface area contributed by atoms with E-state index in [9.17, 15) is 19.2 Å². The van der Waals surface area contributed by atoms with Crippen molar-refractivity contribution in [2.24, 2.45) is 0 Å². The van der Waals surface area contributed by atoms with Crippen molar-refractivity contribution in [3.8, 4) is 0 Å². The molecule has 6 rings (SSSR count). The Hall–Kier alpha value is -3.47. The van der Waals surface area contributed by atoms with Crippen LogP contribution in [0.2, 0.25) is 0 Å². The van der Waals surface area contributed by atoms with Gasteiger partial charge in [0.2, 0.25) is 11.8 Å². The van der Waals surface area contributed by atoms with Gasteiger partial charge in [-0.2, -0.15) is 0 Å². The second-order valence-electron chi connectivity index (χ2n) is 9.26. The third kappa shape index (κ3) is 4.36. The fourth-order valence-electron chi connectivity index (χ4n) is 4.44. The molecule has 180 valence electrons. The molecule has 2 aromatic heterocycles. The topological polar surface area (TPSA) is 130 Å². The van der Waals surface area contributed by atoms with Crippen LogP contribution < -0.4 is 21.5 Å². The third-order valence-corrected chi connectivity index (χ3v) is 7.45. The number of aromatic amines is 1. The molecule has 0 unspecified atom stereocenters. The molecule has 2 N–H and O–H groups in total. The fraction of sp³-hybridized carbons (Fsp3) is 0.417. The maximum atomic E-state index is 12.8. The number of nitrogens with one attached hydrogen (secondary N) is 2. The zero-order valence-corrected chi connectivity index (χ0v) is 19.8. The molecule has 3 aromatic rings. The van der Waals surface area contributed by atoms with Crippen LogP contribution in [0.25, 0.3) is 11.0 Å². The quantitative estimate of drug-likeness (QED) is 0.383. The van der Waals surface area contributed by atoms with Gasteiger partial charge in [-0.1, -0.05) is 17.8 Å². The van der Waals surface area contributed by atoms with Gasteiger partial charge in [0.1, 0.15) is 16.2 Å². The van der Waals surface area contributed by atoms with E-state index < -0.39 is 11.2 Å². The van der Waals surface area contributed by atoms with Gasteiger partial charge >= 0.3 is 5.69 Å². The molecule has 0 radical (unpaired) electrons. The van der Waals surface area contributed by atoms with Crippen molar-refractivity contribution in [1.29, 1.82) is 0 Å². The van der Waals surface area contributed by atoms with Crippen LogP contribution in [0.5, 0.6) is 0 Å². The van der Waals surface area contributed by atoms with E-state index in [2.05, 4.69) is 20.3 Å². The molecule has 2 aliphatic carbocycles. The molecule has 0 atom stereocenters. The van der Waals surface area contributed by atoms with E-state index in [0.717, 1.165) is 49.6 Å². The minimum Gasteiger partial charge on any atom is -0.325 e. The molecule has 0 spiro atoms. The van der Waals surface area contributed by atoms with Gasteiger partial charge < -0.3 is 10.2 Å². The first kappa shape index (κ1) is 22.0. The van der Waals surface area contributed by atoms with E-state index in [4.69, 9.17) is 0 Å². The van der Waals surface area contributed by atoms with E-state index in [1.54, 1.807) is 27.7 Å². The molecular weight excluding hydrogens is 468 g/mol. The summed E-state index contributed by atoms with van der Waals surface area (Å²) in [7, 11) is 0. The maximum Gasteiger partial charge on any atom is 0.330 e. The number of thioether (sulfide) groups is 1. The number of benzene rings is 1. The number of amides is 2. The van der Waals surface area contributed by atoms with Crippen LogP contribution in [0.15, 0.2) is 38.9 Å². The number of anilines is 2. The first-order valence-electron chi connectivity index (χ1n) is 11.9. The maximum absolute atomic E-state index is 12.8. The number of hydrogen-bond acceptors (Lipinski definition) is 7. The van der Waals surface area contributed by atoms with E-state index in [1.165, 1.54) is 0 Å². The molecular formula is C24H24N6O4S. The van der Waals surface area contributed by atoms with Crippen LogP contribution in [0.4, 0.5) is 11.4 Å². The van der Waals surface area contributed by atoms with Gasteiger partial charge in [-0.15, -0.1) is 0 Å². The van der Waals surface area contributed by atoms with Gasteiger partial charge in [0.25, 0.3) is 5.56 Å². The third-order valence-electron chi connectivity index (χ3n) is 6.48. The molecule has 1 saturated heterocycles.